The van der Waals surface area contributed by atoms with Gasteiger partial charge in [-0.25, -0.2) is 0 Å². The summed E-state index contributed by atoms with van der Waals surface area (Å²) >= 11 is 0. The zero-order chi connectivity index (χ0) is 27.9. The highest BCUT2D eigenvalue weighted by Gasteiger charge is 2.17. The smallest absolute Gasteiger partial charge is 0.00262 e. The molecule has 0 unspecified atom stereocenters. The number of hydrogen-bond donors (Lipinski definition) is 0. The standard InChI is InChI=1S/C42H28/c1-4-12-29(13-5-1)30-20-22-31(23-21-30)34-24-25-35-27-39-40(28-36(35)26-34)42(33-16-8-3-9-17-33)38-19-11-10-18-37(38)41(39)32-14-6-2-7-15-32/h1-28H. The van der Waals surface area contributed by atoms with Gasteiger partial charge in [0.15, 0.2) is 0 Å². The zero-order valence-electron chi connectivity index (χ0n) is 23.2. The topological polar surface area (TPSA) is 0 Å². The Kier molecular flexibility index (Phi) is 5.90. The molecule has 196 valence electrons. The molecule has 8 aromatic rings. The third kappa shape index (κ3) is 4.17. The number of fused-ring (bicyclic) bond motifs is 3. The van der Waals surface area contributed by atoms with Crippen LogP contribution in [-0.4, -0.2) is 0 Å². The van der Waals surface area contributed by atoms with Gasteiger partial charge in [0.1, 0.15) is 0 Å². The van der Waals surface area contributed by atoms with Crippen LogP contribution in [0.15, 0.2) is 170 Å². The van der Waals surface area contributed by atoms with E-state index in [9.17, 15) is 0 Å². The van der Waals surface area contributed by atoms with Gasteiger partial charge < -0.3 is 0 Å². The summed E-state index contributed by atoms with van der Waals surface area (Å²) in [5.74, 6) is 0. The molecule has 0 N–H and O–H groups in total. The van der Waals surface area contributed by atoms with E-state index in [4.69, 9.17) is 0 Å². The Morgan fingerprint density at radius 2 is 0.595 bits per heavy atom. The highest BCUT2D eigenvalue weighted by molar-refractivity contribution is 6.23. The highest BCUT2D eigenvalue weighted by atomic mass is 14.2. The first-order chi connectivity index (χ1) is 20.8. The largest absolute Gasteiger partial charge is 0.0622 e. The van der Waals surface area contributed by atoms with Crippen molar-refractivity contribution < 1.29 is 0 Å². The van der Waals surface area contributed by atoms with Crippen LogP contribution in [0.1, 0.15) is 0 Å². The SMILES string of the molecule is c1ccc(-c2ccc(-c3ccc4cc5c(-c6ccccc6)c6ccccc6c(-c6ccccc6)c5cc4c3)cc2)cc1. The lowest BCUT2D eigenvalue weighted by molar-refractivity contribution is 1.60. The van der Waals surface area contributed by atoms with E-state index in [0.717, 1.165) is 0 Å². The molecule has 0 atom stereocenters. The van der Waals surface area contributed by atoms with Gasteiger partial charge in [-0.3, -0.25) is 0 Å². The van der Waals surface area contributed by atoms with Crippen molar-refractivity contribution in [2.45, 2.75) is 0 Å². The Hall–Kier alpha value is -5.46. The van der Waals surface area contributed by atoms with Crippen LogP contribution >= 0.6 is 0 Å². The molecule has 0 spiro atoms. The molecule has 0 fully saturated rings. The molecule has 0 bridgehead atoms. The highest BCUT2D eigenvalue weighted by Crippen LogP contribution is 2.45. The van der Waals surface area contributed by atoms with Crippen LogP contribution < -0.4 is 0 Å². The average Bonchev–Trinajstić information content (AvgIpc) is 3.07. The third-order valence-corrected chi connectivity index (χ3v) is 8.43. The van der Waals surface area contributed by atoms with Crippen molar-refractivity contribution in [1.29, 1.82) is 0 Å². The van der Waals surface area contributed by atoms with Gasteiger partial charge in [0, 0.05) is 0 Å². The van der Waals surface area contributed by atoms with E-state index < -0.39 is 0 Å². The van der Waals surface area contributed by atoms with Gasteiger partial charge in [-0.15, -0.1) is 0 Å². The van der Waals surface area contributed by atoms with Crippen LogP contribution in [0, 0.1) is 0 Å². The Bertz CT molecular complexity index is 2190. The minimum absolute atomic E-state index is 1.23. The molecule has 8 aromatic carbocycles. The van der Waals surface area contributed by atoms with Crippen molar-refractivity contribution in [2.24, 2.45) is 0 Å². The monoisotopic (exact) mass is 532 g/mol. The summed E-state index contributed by atoms with van der Waals surface area (Å²) in [4.78, 5) is 0. The summed E-state index contributed by atoms with van der Waals surface area (Å²) in [7, 11) is 0. The second-order valence-corrected chi connectivity index (χ2v) is 10.9. The lowest BCUT2D eigenvalue weighted by atomic mass is 9.84. The fourth-order valence-electron chi connectivity index (χ4n) is 6.42. The second kappa shape index (κ2) is 10.2. The first-order valence-electron chi connectivity index (χ1n) is 14.5. The predicted molar refractivity (Wildman–Crippen MR) is 181 cm³/mol. The van der Waals surface area contributed by atoms with Crippen LogP contribution in [-0.2, 0) is 0 Å². The molecule has 0 radical (unpaired) electrons. The summed E-state index contributed by atoms with van der Waals surface area (Å²) in [5, 5.41) is 7.62. The molecule has 0 aliphatic rings. The van der Waals surface area contributed by atoms with Crippen LogP contribution in [0.5, 0.6) is 0 Å². The summed E-state index contributed by atoms with van der Waals surface area (Å²) in [6.07, 6.45) is 0. The fraction of sp³-hybridized carbons (Fsp3) is 0. The maximum atomic E-state index is 2.41. The zero-order valence-corrected chi connectivity index (χ0v) is 23.2. The van der Waals surface area contributed by atoms with E-state index in [1.807, 2.05) is 0 Å². The molecule has 0 saturated carbocycles. The molecule has 0 aliphatic heterocycles. The summed E-state index contributed by atoms with van der Waals surface area (Å²) in [6, 6.07) is 61.7. The first-order valence-corrected chi connectivity index (χ1v) is 14.5. The van der Waals surface area contributed by atoms with Crippen molar-refractivity contribution in [2.75, 3.05) is 0 Å². The van der Waals surface area contributed by atoms with Crippen LogP contribution in [0.3, 0.4) is 0 Å². The molecule has 8 rings (SSSR count). The number of benzene rings is 8. The minimum atomic E-state index is 1.23. The Morgan fingerprint density at radius 1 is 0.214 bits per heavy atom. The lowest BCUT2D eigenvalue weighted by Crippen LogP contribution is -1.91. The predicted octanol–water partition coefficient (Wildman–Crippen LogP) is 11.8. The van der Waals surface area contributed by atoms with Crippen molar-refractivity contribution >= 4 is 32.3 Å². The summed E-state index contributed by atoms with van der Waals surface area (Å²) in [5.41, 5.74) is 10.00. The van der Waals surface area contributed by atoms with E-state index in [1.165, 1.54) is 76.8 Å². The third-order valence-electron chi connectivity index (χ3n) is 8.43. The number of hydrogen-bond acceptors (Lipinski definition) is 0. The molecule has 0 saturated heterocycles. The van der Waals surface area contributed by atoms with Crippen molar-refractivity contribution in [1.82, 2.24) is 0 Å². The van der Waals surface area contributed by atoms with Crippen LogP contribution in [0.2, 0.25) is 0 Å². The maximum Gasteiger partial charge on any atom is -0.00262 e. The van der Waals surface area contributed by atoms with Gasteiger partial charge in [-0.2, -0.15) is 0 Å². The summed E-state index contributed by atoms with van der Waals surface area (Å²) < 4.78 is 0. The molecule has 42 heavy (non-hydrogen) atoms. The minimum Gasteiger partial charge on any atom is -0.0622 e. The van der Waals surface area contributed by atoms with E-state index in [-0.39, 0.29) is 0 Å². The normalized spacial score (nSPS) is 11.3. The van der Waals surface area contributed by atoms with Gasteiger partial charge in [0.25, 0.3) is 0 Å². The average molecular weight is 533 g/mol. The quantitative estimate of drug-likeness (QED) is 0.198. The molecule has 0 aromatic heterocycles. The molecule has 0 nitrogen and oxygen atoms in total. The van der Waals surface area contributed by atoms with Gasteiger partial charge in [0.05, 0.1) is 0 Å². The van der Waals surface area contributed by atoms with Crippen molar-refractivity contribution in [3.63, 3.8) is 0 Å². The first kappa shape index (κ1) is 24.3. The molecule has 0 heteroatoms. The van der Waals surface area contributed by atoms with E-state index in [1.54, 1.807) is 0 Å². The molecule has 0 heterocycles. The number of rotatable bonds is 4. The summed E-state index contributed by atoms with van der Waals surface area (Å²) in [6.45, 7) is 0. The maximum absolute atomic E-state index is 2.41. The molecule has 0 aliphatic carbocycles. The van der Waals surface area contributed by atoms with Gasteiger partial charge in [-0.05, 0) is 95.0 Å². The van der Waals surface area contributed by atoms with Gasteiger partial charge in [0.2, 0.25) is 0 Å². The van der Waals surface area contributed by atoms with E-state index >= 15 is 0 Å². The molecular weight excluding hydrogens is 504 g/mol. The van der Waals surface area contributed by atoms with Gasteiger partial charge >= 0.3 is 0 Å². The fourth-order valence-corrected chi connectivity index (χ4v) is 6.42. The Balaban J connectivity index is 1.38. The van der Waals surface area contributed by atoms with Crippen molar-refractivity contribution in [3.8, 4) is 44.5 Å². The lowest BCUT2D eigenvalue weighted by Gasteiger charge is -2.19. The van der Waals surface area contributed by atoms with Gasteiger partial charge in [-0.1, -0.05) is 152 Å². The molecule has 0 amide bonds. The van der Waals surface area contributed by atoms with Crippen LogP contribution in [0.4, 0.5) is 0 Å². The molecular formula is C42H28. The second-order valence-electron chi connectivity index (χ2n) is 10.9. The van der Waals surface area contributed by atoms with E-state index in [2.05, 4.69) is 170 Å². The van der Waals surface area contributed by atoms with Crippen molar-refractivity contribution in [3.05, 3.63) is 170 Å². The van der Waals surface area contributed by atoms with Crippen LogP contribution in [0.25, 0.3) is 76.8 Å². The Morgan fingerprint density at radius 3 is 1.12 bits per heavy atom. The van der Waals surface area contributed by atoms with E-state index in [0.29, 0.717) is 0 Å². The Labute approximate surface area is 246 Å².